The molecule has 0 aromatic heterocycles. The number of nitrogens with one attached hydrogen (secondary N) is 1. The van der Waals surface area contributed by atoms with E-state index in [9.17, 15) is 9.59 Å². The third-order valence-corrected chi connectivity index (χ3v) is 3.86. The third kappa shape index (κ3) is 2.62. The molecule has 2 aliphatic rings. The van der Waals surface area contributed by atoms with Crippen molar-refractivity contribution in [3.8, 4) is 0 Å². The van der Waals surface area contributed by atoms with Crippen molar-refractivity contribution in [1.82, 2.24) is 4.90 Å². The molecule has 100 valence electrons. The first-order valence-corrected chi connectivity index (χ1v) is 6.92. The number of fused-ring (bicyclic) bond motifs is 1. The van der Waals surface area contributed by atoms with Crippen LogP contribution < -0.4 is 5.32 Å². The SMILES string of the molecule is O=C1Cc2cc(CC(=O)N3CCCCC3)ccc2N1. The highest BCUT2D eigenvalue weighted by molar-refractivity contribution is 5.99. The van der Waals surface area contributed by atoms with Crippen molar-refractivity contribution in [3.63, 3.8) is 0 Å². The minimum atomic E-state index is 0.0366. The number of carbonyl (C=O) groups excluding carboxylic acids is 2. The molecule has 2 amide bonds. The second-order valence-corrected chi connectivity index (χ2v) is 5.33. The van der Waals surface area contributed by atoms with E-state index in [1.165, 1.54) is 6.42 Å². The van der Waals surface area contributed by atoms with Crippen LogP contribution in [0.2, 0.25) is 0 Å². The third-order valence-electron chi connectivity index (χ3n) is 3.86. The lowest BCUT2D eigenvalue weighted by Crippen LogP contribution is -2.36. The first kappa shape index (κ1) is 12.2. The number of nitrogens with zero attached hydrogens (tertiary/aromatic N) is 1. The van der Waals surface area contributed by atoms with Crippen LogP contribution in [0.3, 0.4) is 0 Å². The maximum Gasteiger partial charge on any atom is 0.228 e. The van der Waals surface area contributed by atoms with Crippen molar-refractivity contribution in [3.05, 3.63) is 29.3 Å². The van der Waals surface area contributed by atoms with Gasteiger partial charge in [0.25, 0.3) is 0 Å². The molecule has 0 aliphatic carbocycles. The van der Waals surface area contributed by atoms with Crippen molar-refractivity contribution in [1.29, 1.82) is 0 Å². The number of rotatable bonds is 2. The minimum Gasteiger partial charge on any atom is -0.342 e. The average Bonchev–Trinajstić information content (AvgIpc) is 2.79. The molecule has 0 atom stereocenters. The van der Waals surface area contributed by atoms with Gasteiger partial charge in [0.15, 0.2) is 0 Å². The molecular weight excluding hydrogens is 240 g/mol. The molecule has 19 heavy (non-hydrogen) atoms. The predicted molar refractivity (Wildman–Crippen MR) is 72.9 cm³/mol. The topological polar surface area (TPSA) is 49.4 Å². The van der Waals surface area contributed by atoms with Gasteiger partial charge in [0, 0.05) is 18.8 Å². The number of hydrogen-bond donors (Lipinski definition) is 1. The Morgan fingerprint density at radius 1 is 1.21 bits per heavy atom. The summed E-state index contributed by atoms with van der Waals surface area (Å²) in [6.07, 6.45) is 4.35. The van der Waals surface area contributed by atoms with Gasteiger partial charge in [0.1, 0.15) is 0 Å². The zero-order valence-corrected chi connectivity index (χ0v) is 10.9. The molecular formula is C15H18N2O2. The van der Waals surface area contributed by atoms with Crippen molar-refractivity contribution in [2.75, 3.05) is 18.4 Å². The molecule has 4 nitrogen and oxygen atoms in total. The van der Waals surface area contributed by atoms with Gasteiger partial charge >= 0.3 is 0 Å². The lowest BCUT2D eigenvalue weighted by Gasteiger charge is -2.26. The van der Waals surface area contributed by atoms with Crippen LogP contribution in [0.1, 0.15) is 30.4 Å². The Bertz CT molecular complexity index is 519. The quantitative estimate of drug-likeness (QED) is 0.878. The van der Waals surface area contributed by atoms with Crippen LogP contribution in [0, 0.1) is 0 Å². The van der Waals surface area contributed by atoms with Gasteiger partial charge in [-0.05, 0) is 36.5 Å². The van der Waals surface area contributed by atoms with Gasteiger partial charge in [-0.15, -0.1) is 0 Å². The maximum atomic E-state index is 12.2. The van der Waals surface area contributed by atoms with E-state index in [0.717, 1.165) is 42.7 Å². The normalized spacial score (nSPS) is 18.1. The van der Waals surface area contributed by atoms with E-state index in [-0.39, 0.29) is 11.8 Å². The molecule has 0 spiro atoms. The lowest BCUT2D eigenvalue weighted by molar-refractivity contribution is -0.131. The van der Waals surface area contributed by atoms with Crippen LogP contribution in [0.5, 0.6) is 0 Å². The molecule has 1 aromatic rings. The van der Waals surface area contributed by atoms with Gasteiger partial charge in [0.05, 0.1) is 12.8 Å². The monoisotopic (exact) mass is 258 g/mol. The number of likely N-dealkylation sites (tertiary alicyclic amines) is 1. The van der Waals surface area contributed by atoms with Crippen LogP contribution in [0.25, 0.3) is 0 Å². The molecule has 3 rings (SSSR count). The number of benzene rings is 1. The largest absolute Gasteiger partial charge is 0.342 e. The fraction of sp³-hybridized carbons (Fsp3) is 0.467. The maximum absolute atomic E-state index is 12.2. The van der Waals surface area contributed by atoms with E-state index in [0.29, 0.717) is 12.8 Å². The molecule has 0 radical (unpaired) electrons. The first-order chi connectivity index (χ1) is 9.22. The van der Waals surface area contributed by atoms with Crippen LogP contribution in [0.15, 0.2) is 18.2 Å². The fourth-order valence-corrected chi connectivity index (χ4v) is 2.82. The molecule has 4 heteroatoms. The van der Waals surface area contributed by atoms with Gasteiger partial charge < -0.3 is 10.2 Å². The van der Waals surface area contributed by atoms with E-state index < -0.39 is 0 Å². The van der Waals surface area contributed by atoms with Crippen LogP contribution in [-0.2, 0) is 22.4 Å². The van der Waals surface area contributed by atoms with Crippen LogP contribution in [-0.4, -0.2) is 29.8 Å². The summed E-state index contributed by atoms with van der Waals surface area (Å²) in [4.78, 5) is 25.4. The smallest absolute Gasteiger partial charge is 0.228 e. The van der Waals surface area contributed by atoms with Crippen molar-refractivity contribution >= 4 is 17.5 Å². The zero-order valence-electron chi connectivity index (χ0n) is 10.9. The molecule has 0 saturated carbocycles. The molecule has 0 unspecified atom stereocenters. The molecule has 0 bridgehead atoms. The highest BCUT2D eigenvalue weighted by atomic mass is 16.2. The molecule has 1 N–H and O–H groups in total. The Morgan fingerprint density at radius 2 is 2.00 bits per heavy atom. The van der Waals surface area contributed by atoms with Crippen molar-refractivity contribution in [2.24, 2.45) is 0 Å². The number of hydrogen-bond acceptors (Lipinski definition) is 2. The standard InChI is InChI=1S/C15H18N2O2/c18-14-10-12-8-11(4-5-13(12)16-14)9-15(19)17-6-2-1-3-7-17/h4-5,8H,1-3,6-7,9-10H2,(H,16,18). The molecule has 2 aliphatic heterocycles. The summed E-state index contributed by atoms with van der Waals surface area (Å²) in [6.45, 7) is 1.79. The first-order valence-electron chi connectivity index (χ1n) is 6.92. The summed E-state index contributed by atoms with van der Waals surface area (Å²) in [7, 11) is 0. The Balaban J connectivity index is 1.68. The van der Waals surface area contributed by atoms with E-state index in [1.807, 2.05) is 23.1 Å². The molecule has 1 fully saturated rings. The highest BCUT2D eigenvalue weighted by Gasteiger charge is 2.20. The summed E-state index contributed by atoms with van der Waals surface area (Å²) < 4.78 is 0. The van der Waals surface area contributed by atoms with Crippen LogP contribution in [0.4, 0.5) is 5.69 Å². The highest BCUT2D eigenvalue weighted by Crippen LogP contribution is 2.24. The number of amides is 2. The summed E-state index contributed by atoms with van der Waals surface area (Å²) in [5, 5.41) is 2.81. The second-order valence-electron chi connectivity index (χ2n) is 5.33. The van der Waals surface area contributed by atoms with Gasteiger partial charge in [-0.1, -0.05) is 12.1 Å². The van der Waals surface area contributed by atoms with Gasteiger partial charge in [-0.3, -0.25) is 9.59 Å². The predicted octanol–water partition coefficient (Wildman–Crippen LogP) is 1.74. The van der Waals surface area contributed by atoms with E-state index in [1.54, 1.807) is 0 Å². The summed E-state index contributed by atoms with van der Waals surface area (Å²) in [5.74, 6) is 0.242. The lowest BCUT2D eigenvalue weighted by atomic mass is 10.0. The summed E-state index contributed by atoms with van der Waals surface area (Å²) in [6, 6.07) is 5.82. The zero-order chi connectivity index (χ0) is 13.2. The minimum absolute atomic E-state index is 0.0366. The Hall–Kier alpha value is -1.84. The van der Waals surface area contributed by atoms with Crippen LogP contribution >= 0.6 is 0 Å². The Labute approximate surface area is 112 Å². The van der Waals surface area contributed by atoms with E-state index in [4.69, 9.17) is 0 Å². The van der Waals surface area contributed by atoms with E-state index >= 15 is 0 Å². The fourth-order valence-electron chi connectivity index (χ4n) is 2.82. The van der Waals surface area contributed by atoms with Gasteiger partial charge in [-0.2, -0.15) is 0 Å². The molecule has 1 aromatic carbocycles. The second kappa shape index (κ2) is 5.03. The van der Waals surface area contributed by atoms with Crippen molar-refractivity contribution in [2.45, 2.75) is 32.1 Å². The van der Waals surface area contributed by atoms with Gasteiger partial charge in [-0.25, -0.2) is 0 Å². The number of anilines is 1. The molecule has 2 heterocycles. The van der Waals surface area contributed by atoms with Crippen molar-refractivity contribution < 1.29 is 9.59 Å². The van der Waals surface area contributed by atoms with E-state index in [2.05, 4.69) is 5.32 Å². The number of piperidine rings is 1. The molecule has 1 saturated heterocycles. The average molecular weight is 258 g/mol. The Morgan fingerprint density at radius 3 is 2.79 bits per heavy atom. The summed E-state index contributed by atoms with van der Waals surface area (Å²) >= 11 is 0. The summed E-state index contributed by atoms with van der Waals surface area (Å²) in [5.41, 5.74) is 2.90. The Kier molecular flexibility index (Phi) is 3.23. The number of carbonyl (C=O) groups is 2. The van der Waals surface area contributed by atoms with Gasteiger partial charge in [0.2, 0.25) is 11.8 Å².